The second-order valence-corrected chi connectivity index (χ2v) is 1.38. The topological polar surface area (TPSA) is 61.8 Å². The van der Waals surface area contributed by atoms with Gasteiger partial charge < -0.3 is 14.2 Å². The van der Waals surface area contributed by atoms with E-state index in [1.54, 1.807) is 0 Å². The van der Waals surface area contributed by atoms with Crippen LogP contribution in [-0.4, -0.2) is 26.0 Å². The van der Waals surface area contributed by atoms with Crippen molar-refractivity contribution in [2.24, 2.45) is 0 Å². The van der Waals surface area contributed by atoms with Gasteiger partial charge in [0.05, 0.1) is 7.11 Å². The standard InChI is InChI=1S/C6H8O5/c1-3-5(7)10-4-11-6(8)9-2/h3H,1,4H2,2H3. The predicted molar refractivity (Wildman–Crippen MR) is 34.6 cm³/mol. The van der Waals surface area contributed by atoms with E-state index in [1.165, 1.54) is 0 Å². The summed E-state index contributed by atoms with van der Waals surface area (Å²) in [6.45, 7) is 2.67. The number of rotatable bonds is 3. The first-order valence-electron chi connectivity index (χ1n) is 2.70. The maximum absolute atomic E-state index is 10.3. The highest BCUT2D eigenvalue weighted by atomic mass is 16.8. The van der Waals surface area contributed by atoms with Crippen LogP contribution < -0.4 is 0 Å². The van der Waals surface area contributed by atoms with Gasteiger partial charge in [0.2, 0.25) is 6.79 Å². The number of methoxy groups -OCH3 is 1. The van der Waals surface area contributed by atoms with Gasteiger partial charge in [-0.2, -0.15) is 0 Å². The highest BCUT2D eigenvalue weighted by molar-refractivity contribution is 5.81. The van der Waals surface area contributed by atoms with Crippen LogP contribution in [0.3, 0.4) is 0 Å². The first kappa shape index (κ1) is 9.48. The van der Waals surface area contributed by atoms with Crippen molar-refractivity contribution in [1.29, 1.82) is 0 Å². The van der Waals surface area contributed by atoms with Crippen molar-refractivity contribution in [2.75, 3.05) is 13.9 Å². The molecule has 0 aliphatic heterocycles. The summed E-state index contributed by atoms with van der Waals surface area (Å²) in [5.74, 6) is -0.658. The van der Waals surface area contributed by atoms with E-state index in [-0.39, 0.29) is 0 Å². The molecule has 11 heavy (non-hydrogen) atoms. The summed E-state index contributed by atoms with van der Waals surface area (Å²) < 4.78 is 12.6. The maximum atomic E-state index is 10.3. The van der Waals surface area contributed by atoms with Gasteiger partial charge in [-0.05, 0) is 0 Å². The third-order valence-electron chi connectivity index (χ3n) is 0.711. The van der Waals surface area contributed by atoms with Gasteiger partial charge in [-0.3, -0.25) is 0 Å². The molecule has 0 aliphatic carbocycles. The van der Waals surface area contributed by atoms with Crippen LogP contribution in [0.2, 0.25) is 0 Å². The highest BCUT2D eigenvalue weighted by Gasteiger charge is 2.00. The maximum Gasteiger partial charge on any atom is 0.510 e. The summed E-state index contributed by atoms with van der Waals surface area (Å²) in [6, 6.07) is 0. The normalized spacial score (nSPS) is 8.09. The predicted octanol–water partition coefficient (Wildman–Crippen LogP) is 0.456. The Morgan fingerprint density at radius 3 is 2.55 bits per heavy atom. The van der Waals surface area contributed by atoms with E-state index in [2.05, 4.69) is 20.8 Å². The third kappa shape index (κ3) is 4.95. The molecule has 0 aromatic rings. The second-order valence-electron chi connectivity index (χ2n) is 1.38. The minimum absolute atomic E-state index is 0.461. The van der Waals surface area contributed by atoms with Crippen molar-refractivity contribution in [3.8, 4) is 0 Å². The lowest BCUT2D eigenvalue weighted by molar-refractivity contribution is -0.146. The molecule has 0 aromatic carbocycles. The van der Waals surface area contributed by atoms with Crippen LogP contribution in [0, 0.1) is 0 Å². The monoisotopic (exact) mass is 160 g/mol. The van der Waals surface area contributed by atoms with Gasteiger partial charge in [0, 0.05) is 6.08 Å². The summed E-state index contributed by atoms with van der Waals surface area (Å²) in [5.41, 5.74) is 0. The largest absolute Gasteiger partial charge is 0.510 e. The van der Waals surface area contributed by atoms with Crippen molar-refractivity contribution >= 4 is 12.1 Å². The molecule has 0 saturated carbocycles. The number of ether oxygens (including phenoxy) is 3. The fraction of sp³-hybridized carbons (Fsp3) is 0.333. The van der Waals surface area contributed by atoms with Gasteiger partial charge in [0.1, 0.15) is 0 Å². The average molecular weight is 160 g/mol. The zero-order valence-corrected chi connectivity index (χ0v) is 6.03. The molecule has 0 aliphatic rings. The summed E-state index contributed by atoms with van der Waals surface area (Å²) in [6.07, 6.45) is 0.0579. The van der Waals surface area contributed by atoms with Gasteiger partial charge in [0.25, 0.3) is 0 Å². The van der Waals surface area contributed by atoms with Crippen molar-refractivity contribution in [3.63, 3.8) is 0 Å². The van der Waals surface area contributed by atoms with Crippen LogP contribution in [0.5, 0.6) is 0 Å². The first-order chi connectivity index (χ1) is 5.20. The molecular weight excluding hydrogens is 152 g/mol. The van der Waals surface area contributed by atoms with Crippen molar-refractivity contribution < 1.29 is 23.8 Å². The van der Waals surface area contributed by atoms with E-state index >= 15 is 0 Å². The van der Waals surface area contributed by atoms with E-state index < -0.39 is 18.9 Å². The van der Waals surface area contributed by atoms with E-state index in [9.17, 15) is 9.59 Å². The Bertz CT molecular complexity index is 162. The van der Waals surface area contributed by atoms with Crippen molar-refractivity contribution in [3.05, 3.63) is 12.7 Å². The van der Waals surface area contributed by atoms with Crippen molar-refractivity contribution in [1.82, 2.24) is 0 Å². The summed E-state index contributed by atoms with van der Waals surface area (Å²) in [5, 5.41) is 0. The molecule has 0 N–H and O–H groups in total. The van der Waals surface area contributed by atoms with Gasteiger partial charge in [-0.1, -0.05) is 6.58 Å². The SMILES string of the molecule is C=CC(=O)OCOC(=O)OC. The number of hydrogen-bond acceptors (Lipinski definition) is 5. The Morgan fingerprint density at radius 2 is 2.09 bits per heavy atom. The lowest BCUT2D eigenvalue weighted by Crippen LogP contribution is -2.10. The van der Waals surface area contributed by atoms with Gasteiger partial charge in [0.15, 0.2) is 0 Å². The molecule has 0 atom stereocenters. The zero-order valence-electron chi connectivity index (χ0n) is 6.03. The molecule has 62 valence electrons. The molecule has 0 heterocycles. The molecule has 0 aromatic heterocycles. The van der Waals surface area contributed by atoms with Crippen LogP contribution in [0.1, 0.15) is 0 Å². The molecule has 0 unspecified atom stereocenters. The minimum Gasteiger partial charge on any atom is -0.438 e. The first-order valence-corrected chi connectivity index (χ1v) is 2.70. The number of esters is 1. The second kappa shape index (κ2) is 5.28. The number of hydrogen-bond donors (Lipinski definition) is 0. The summed E-state index contributed by atoms with van der Waals surface area (Å²) in [4.78, 5) is 20.5. The lowest BCUT2D eigenvalue weighted by Gasteiger charge is -2.01. The van der Waals surface area contributed by atoms with Crippen LogP contribution in [0.25, 0.3) is 0 Å². The van der Waals surface area contributed by atoms with Crippen LogP contribution in [-0.2, 0) is 19.0 Å². The molecule has 0 bridgehead atoms. The molecule has 0 saturated heterocycles. The molecule has 0 amide bonds. The molecule has 0 rings (SSSR count). The number of carbonyl (C=O) groups excluding carboxylic acids is 2. The van der Waals surface area contributed by atoms with Gasteiger partial charge >= 0.3 is 12.1 Å². The fourth-order valence-corrected chi connectivity index (χ4v) is 0.254. The number of carbonyl (C=O) groups is 2. The van der Waals surface area contributed by atoms with Gasteiger partial charge in [-0.15, -0.1) is 0 Å². The highest BCUT2D eigenvalue weighted by Crippen LogP contribution is 1.84. The minimum atomic E-state index is -0.901. The Balaban J connectivity index is 3.34. The molecule has 5 heteroatoms. The van der Waals surface area contributed by atoms with E-state index in [0.29, 0.717) is 0 Å². The summed E-state index contributed by atoms with van der Waals surface area (Å²) >= 11 is 0. The van der Waals surface area contributed by atoms with Crippen molar-refractivity contribution in [2.45, 2.75) is 0 Å². The Labute approximate surface area is 63.5 Å². The van der Waals surface area contributed by atoms with Crippen LogP contribution in [0.15, 0.2) is 12.7 Å². The van der Waals surface area contributed by atoms with E-state index in [1.807, 2.05) is 0 Å². The molecule has 0 fully saturated rings. The summed E-state index contributed by atoms with van der Waals surface area (Å²) in [7, 11) is 1.15. The molecule has 5 nitrogen and oxygen atoms in total. The molecule has 0 spiro atoms. The Kier molecular flexibility index (Phi) is 4.55. The van der Waals surface area contributed by atoms with E-state index in [4.69, 9.17) is 0 Å². The Morgan fingerprint density at radius 1 is 1.45 bits per heavy atom. The fourth-order valence-electron chi connectivity index (χ4n) is 0.254. The van der Waals surface area contributed by atoms with Crippen LogP contribution in [0.4, 0.5) is 4.79 Å². The lowest BCUT2D eigenvalue weighted by atomic mass is 10.7. The quantitative estimate of drug-likeness (QED) is 0.341. The average Bonchev–Trinajstić information content (AvgIpc) is 2.04. The van der Waals surface area contributed by atoms with Gasteiger partial charge in [-0.25, -0.2) is 9.59 Å². The van der Waals surface area contributed by atoms with E-state index in [0.717, 1.165) is 13.2 Å². The molecule has 0 radical (unpaired) electrons. The zero-order chi connectivity index (χ0) is 8.69. The third-order valence-corrected chi connectivity index (χ3v) is 0.711. The Hall–Kier alpha value is -1.52. The smallest absolute Gasteiger partial charge is 0.438 e. The van der Waals surface area contributed by atoms with Crippen LogP contribution >= 0.6 is 0 Å². The molecular formula is C6H8O5.